The molecule has 0 saturated heterocycles. The van der Waals surface area contributed by atoms with Crippen molar-refractivity contribution in [1.82, 2.24) is 5.06 Å². The summed E-state index contributed by atoms with van der Waals surface area (Å²) in [5.41, 5.74) is 1.87. The van der Waals surface area contributed by atoms with E-state index in [1.807, 2.05) is 31.2 Å². The molecule has 0 bridgehead atoms. The SMILES string of the molecule is Cc1ccc(NC(=O)ON(C)C)cc1. The molecule has 1 aromatic carbocycles. The number of nitrogens with zero attached hydrogens (tertiary/aromatic N) is 1. The van der Waals surface area contributed by atoms with E-state index in [4.69, 9.17) is 4.84 Å². The third-order valence-electron chi connectivity index (χ3n) is 1.56. The zero-order valence-corrected chi connectivity index (χ0v) is 8.57. The average molecular weight is 194 g/mol. The highest BCUT2D eigenvalue weighted by molar-refractivity contribution is 5.84. The molecule has 0 atom stereocenters. The molecule has 1 aromatic rings. The van der Waals surface area contributed by atoms with Crippen molar-refractivity contribution in [3.05, 3.63) is 29.8 Å². The predicted octanol–water partition coefficient (Wildman–Crippen LogP) is 2.02. The molecule has 0 aliphatic heterocycles. The molecule has 1 N–H and O–H groups in total. The van der Waals surface area contributed by atoms with E-state index in [-0.39, 0.29) is 0 Å². The van der Waals surface area contributed by atoms with Gasteiger partial charge in [0.25, 0.3) is 0 Å². The summed E-state index contributed by atoms with van der Waals surface area (Å²) in [7, 11) is 3.30. The average Bonchev–Trinajstić information content (AvgIpc) is 2.07. The Kier molecular flexibility index (Phi) is 3.48. The molecule has 0 heterocycles. The van der Waals surface area contributed by atoms with Gasteiger partial charge in [-0.3, -0.25) is 5.32 Å². The van der Waals surface area contributed by atoms with Gasteiger partial charge in [0.05, 0.1) is 0 Å². The van der Waals surface area contributed by atoms with Gasteiger partial charge in [-0.15, -0.1) is 5.06 Å². The highest BCUT2D eigenvalue weighted by Gasteiger charge is 2.03. The van der Waals surface area contributed by atoms with Crippen LogP contribution in [0.5, 0.6) is 0 Å². The molecule has 1 amide bonds. The molecule has 0 aromatic heterocycles. The Labute approximate surface area is 83.4 Å². The van der Waals surface area contributed by atoms with Crippen molar-refractivity contribution in [3.63, 3.8) is 0 Å². The van der Waals surface area contributed by atoms with E-state index in [1.165, 1.54) is 5.06 Å². The summed E-state index contributed by atoms with van der Waals surface area (Å²) in [5.74, 6) is 0. The minimum absolute atomic E-state index is 0.487. The molecule has 0 fully saturated rings. The molecule has 4 nitrogen and oxygen atoms in total. The van der Waals surface area contributed by atoms with E-state index >= 15 is 0 Å². The van der Waals surface area contributed by atoms with Gasteiger partial charge in [0, 0.05) is 19.8 Å². The van der Waals surface area contributed by atoms with Gasteiger partial charge in [-0.25, -0.2) is 4.79 Å². The third kappa shape index (κ3) is 3.45. The second kappa shape index (κ2) is 4.62. The van der Waals surface area contributed by atoms with E-state index in [2.05, 4.69) is 5.32 Å². The Morgan fingerprint density at radius 3 is 2.36 bits per heavy atom. The van der Waals surface area contributed by atoms with E-state index in [0.29, 0.717) is 0 Å². The molecule has 0 aliphatic rings. The lowest BCUT2D eigenvalue weighted by Crippen LogP contribution is -2.22. The van der Waals surface area contributed by atoms with Crippen molar-refractivity contribution in [3.8, 4) is 0 Å². The Hall–Kier alpha value is -1.55. The number of nitrogens with one attached hydrogen (secondary N) is 1. The van der Waals surface area contributed by atoms with Gasteiger partial charge in [0.1, 0.15) is 0 Å². The largest absolute Gasteiger partial charge is 0.430 e. The highest BCUT2D eigenvalue weighted by Crippen LogP contribution is 2.08. The molecule has 0 spiro atoms. The van der Waals surface area contributed by atoms with Crippen LogP contribution in [0.2, 0.25) is 0 Å². The van der Waals surface area contributed by atoms with E-state index in [9.17, 15) is 4.79 Å². The van der Waals surface area contributed by atoms with Crippen LogP contribution in [0.25, 0.3) is 0 Å². The summed E-state index contributed by atoms with van der Waals surface area (Å²) >= 11 is 0. The predicted molar refractivity (Wildman–Crippen MR) is 55.0 cm³/mol. The van der Waals surface area contributed by atoms with Crippen molar-refractivity contribution in [2.75, 3.05) is 19.4 Å². The van der Waals surface area contributed by atoms with Crippen LogP contribution >= 0.6 is 0 Å². The summed E-state index contributed by atoms with van der Waals surface area (Å²) in [6.07, 6.45) is -0.487. The minimum atomic E-state index is -0.487. The minimum Gasteiger partial charge on any atom is -0.351 e. The zero-order chi connectivity index (χ0) is 10.6. The Bertz CT molecular complexity index is 306. The maximum Gasteiger partial charge on any atom is 0.430 e. The number of rotatable bonds is 2. The fourth-order valence-corrected chi connectivity index (χ4v) is 0.943. The number of amides is 1. The summed E-state index contributed by atoms with van der Waals surface area (Å²) in [5, 5.41) is 3.93. The smallest absolute Gasteiger partial charge is 0.351 e. The van der Waals surface area contributed by atoms with Gasteiger partial charge in [0.15, 0.2) is 0 Å². The number of hydroxylamine groups is 2. The first-order chi connectivity index (χ1) is 6.58. The monoisotopic (exact) mass is 194 g/mol. The first-order valence-corrected chi connectivity index (χ1v) is 4.31. The van der Waals surface area contributed by atoms with Crippen LogP contribution in [-0.4, -0.2) is 25.3 Å². The summed E-state index contributed by atoms with van der Waals surface area (Å²) in [6.45, 7) is 1.99. The van der Waals surface area contributed by atoms with Crippen LogP contribution in [0.3, 0.4) is 0 Å². The first-order valence-electron chi connectivity index (χ1n) is 4.31. The molecular formula is C10H14N2O2. The third-order valence-corrected chi connectivity index (χ3v) is 1.56. The molecule has 0 aliphatic carbocycles. The van der Waals surface area contributed by atoms with Crippen molar-refractivity contribution in [2.24, 2.45) is 0 Å². The molecule has 1 rings (SSSR count). The lowest BCUT2D eigenvalue weighted by molar-refractivity contribution is -0.0474. The van der Waals surface area contributed by atoms with E-state index in [0.717, 1.165) is 11.3 Å². The molecule has 76 valence electrons. The van der Waals surface area contributed by atoms with Gasteiger partial charge in [0.2, 0.25) is 0 Å². The van der Waals surface area contributed by atoms with Crippen LogP contribution < -0.4 is 5.32 Å². The number of carbonyl (C=O) groups is 1. The standard InChI is InChI=1S/C10H14N2O2/c1-8-4-6-9(7-5-8)11-10(13)14-12(2)3/h4-7H,1-3H3,(H,11,13). The van der Waals surface area contributed by atoms with Crippen molar-refractivity contribution >= 4 is 11.8 Å². The Morgan fingerprint density at radius 2 is 1.86 bits per heavy atom. The van der Waals surface area contributed by atoms with Gasteiger partial charge in [-0.1, -0.05) is 17.7 Å². The lowest BCUT2D eigenvalue weighted by atomic mass is 10.2. The van der Waals surface area contributed by atoms with E-state index in [1.54, 1.807) is 14.1 Å². The molecule has 0 unspecified atom stereocenters. The normalized spacial score (nSPS) is 10.0. The summed E-state index contributed by atoms with van der Waals surface area (Å²) < 4.78 is 0. The number of hydrogen-bond acceptors (Lipinski definition) is 3. The van der Waals surface area contributed by atoms with Crippen LogP contribution in [0, 0.1) is 6.92 Å². The number of hydrogen-bond donors (Lipinski definition) is 1. The topological polar surface area (TPSA) is 41.6 Å². The number of benzene rings is 1. The maximum atomic E-state index is 11.1. The van der Waals surface area contributed by atoms with Crippen LogP contribution in [0.1, 0.15) is 5.56 Å². The zero-order valence-electron chi connectivity index (χ0n) is 8.57. The summed E-state index contributed by atoms with van der Waals surface area (Å²) in [6, 6.07) is 7.50. The number of aryl methyl sites for hydroxylation is 1. The van der Waals surface area contributed by atoms with Gasteiger partial charge >= 0.3 is 6.09 Å². The maximum absolute atomic E-state index is 11.1. The summed E-state index contributed by atoms with van der Waals surface area (Å²) in [4.78, 5) is 15.9. The lowest BCUT2D eigenvalue weighted by Gasteiger charge is -2.10. The Balaban J connectivity index is 2.52. The fraction of sp³-hybridized carbons (Fsp3) is 0.300. The van der Waals surface area contributed by atoms with Crippen molar-refractivity contribution < 1.29 is 9.63 Å². The van der Waals surface area contributed by atoms with Crippen molar-refractivity contribution in [1.29, 1.82) is 0 Å². The van der Waals surface area contributed by atoms with Crippen LogP contribution in [0.15, 0.2) is 24.3 Å². The quantitative estimate of drug-likeness (QED) is 0.732. The van der Waals surface area contributed by atoms with E-state index < -0.39 is 6.09 Å². The highest BCUT2D eigenvalue weighted by atomic mass is 16.7. The second-order valence-corrected chi connectivity index (χ2v) is 3.18. The van der Waals surface area contributed by atoms with Crippen molar-refractivity contribution in [2.45, 2.75) is 6.92 Å². The van der Waals surface area contributed by atoms with Crippen LogP contribution in [0.4, 0.5) is 10.5 Å². The van der Waals surface area contributed by atoms with Gasteiger partial charge in [-0.05, 0) is 19.1 Å². The number of carbonyl (C=O) groups excluding carboxylic acids is 1. The molecular weight excluding hydrogens is 180 g/mol. The molecule has 0 saturated carbocycles. The number of anilines is 1. The first kappa shape index (κ1) is 10.5. The second-order valence-electron chi connectivity index (χ2n) is 3.18. The molecule has 4 heteroatoms. The fourth-order valence-electron chi connectivity index (χ4n) is 0.943. The Morgan fingerprint density at radius 1 is 1.29 bits per heavy atom. The van der Waals surface area contributed by atoms with Gasteiger partial charge < -0.3 is 4.84 Å². The van der Waals surface area contributed by atoms with Crippen LogP contribution in [-0.2, 0) is 4.84 Å². The molecule has 14 heavy (non-hydrogen) atoms. The van der Waals surface area contributed by atoms with Gasteiger partial charge in [-0.2, -0.15) is 0 Å². The molecule has 0 radical (unpaired) electrons.